The highest BCUT2D eigenvalue weighted by Crippen LogP contribution is 2.40. The van der Waals surface area contributed by atoms with E-state index in [1.165, 1.54) is 33.2 Å². The van der Waals surface area contributed by atoms with Gasteiger partial charge in [-0.3, -0.25) is 4.57 Å². The van der Waals surface area contributed by atoms with Crippen molar-refractivity contribution in [1.29, 1.82) is 0 Å². The number of hydrogen-bond donors (Lipinski definition) is 0. The molecule has 0 unspecified atom stereocenters. The third kappa shape index (κ3) is 9.51. The summed E-state index contributed by atoms with van der Waals surface area (Å²) in [6.45, 7) is 34.0. The number of aromatic nitrogens is 5. The Hall–Kier alpha value is -6.79. The zero-order chi connectivity index (χ0) is 49.4. The van der Waals surface area contributed by atoms with E-state index in [4.69, 9.17) is 14.8 Å². The summed E-state index contributed by atoms with van der Waals surface area (Å²) in [7, 11) is 0. The van der Waals surface area contributed by atoms with Crippen LogP contribution in [0.2, 0.25) is 0 Å². The Morgan fingerprint density at radius 2 is 1.07 bits per heavy atom. The number of fused-ring (bicyclic) bond motifs is 3. The molecule has 6 nitrogen and oxygen atoms in total. The van der Waals surface area contributed by atoms with E-state index in [2.05, 4.69) is 247 Å². The minimum atomic E-state index is -0.0853. The molecule has 0 spiro atoms. The van der Waals surface area contributed by atoms with Gasteiger partial charge in [-0.1, -0.05) is 189 Å². The molecule has 0 saturated carbocycles. The molecule has 0 saturated heterocycles. The molecule has 0 atom stereocenters. The van der Waals surface area contributed by atoms with E-state index in [9.17, 15) is 0 Å². The number of rotatable bonds is 7. The maximum atomic E-state index is 6.84. The zero-order valence-corrected chi connectivity index (χ0v) is 43.5. The van der Waals surface area contributed by atoms with E-state index in [1.807, 2.05) is 23.0 Å². The molecular weight excluding hydrogens is 843 g/mol. The molecule has 9 rings (SSSR count). The van der Waals surface area contributed by atoms with Crippen molar-refractivity contribution in [3.63, 3.8) is 0 Å². The van der Waals surface area contributed by atoms with Crippen LogP contribution in [0, 0.1) is 6.33 Å². The first-order chi connectivity index (χ1) is 32.3. The highest BCUT2D eigenvalue weighted by molar-refractivity contribution is 6.09. The van der Waals surface area contributed by atoms with Gasteiger partial charge in [-0.2, -0.15) is 4.68 Å². The molecule has 0 aliphatic heterocycles. The van der Waals surface area contributed by atoms with E-state index in [1.54, 1.807) is 0 Å². The molecule has 9 aromatic rings. The van der Waals surface area contributed by atoms with Crippen LogP contribution in [0.3, 0.4) is 0 Å². The second-order valence-corrected chi connectivity index (χ2v) is 24.1. The Kier molecular flexibility index (Phi) is 11.7. The van der Waals surface area contributed by atoms with Crippen molar-refractivity contribution >= 4 is 21.8 Å². The van der Waals surface area contributed by atoms with Gasteiger partial charge in [-0.15, -0.1) is 0 Å². The number of pyridine rings is 1. The lowest BCUT2D eigenvalue weighted by molar-refractivity contribution is -0.589. The molecule has 0 amide bonds. The Morgan fingerprint density at radius 1 is 0.464 bits per heavy atom. The number of ether oxygens (including phenoxy) is 1. The maximum Gasteiger partial charge on any atom is 0.232 e. The molecule has 0 fully saturated rings. The van der Waals surface area contributed by atoms with Crippen molar-refractivity contribution in [3.8, 4) is 51.2 Å². The smallest absolute Gasteiger partial charge is 0.232 e. The number of nitrogens with zero attached hydrogens (tertiary/aromatic N) is 5. The first-order valence-electron chi connectivity index (χ1n) is 24.5. The van der Waals surface area contributed by atoms with E-state index >= 15 is 0 Å². The lowest BCUT2D eigenvalue weighted by Gasteiger charge is -2.27. The van der Waals surface area contributed by atoms with E-state index in [0.29, 0.717) is 5.75 Å². The fourth-order valence-electron chi connectivity index (χ4n) is 9.04. The van der Waals surface area contributed by atoms with Crippen LogP contribution in [0.5, 0.6) is 11.5 Å². The third-order valence-corrected chi connectivity index (χ3v) is 13.5. The molecule has 0 radical (unpaired) electrons. The van der Waals surface area contributed by atoms with Gasteiger partial charge < -0.3 is 9.30 Å². The molecule has 0 aliphatic carbocycles. The zero-order valence-electron chi connectivity index (χ0n) is 43.5. The van der Waals surface area contributed by atoms with Gasteiger partial charge in [-0.05, 0) is 120 Å². The summed E-state index contributed by atoms with van der Waals surface area (Å²) >= 11 is 0. The van der Waals surface area contributed by atoms with Crippen molar-refractivity contribution in [3.05, 3.63) is 180 Å². The van der Waals surface area contributed by atoms with Crippen LogP contribution in [-0.4, -0.2) is 19.3 Å². The van der Waals surface area contributed by atoms with Gasteiger partial charge in [0.25, 0.3) is 0 Å². The van der Waals surface area contributed by atoms with Crippen molar-refractivity contribution in [2.75, 3.05) is 0 Å². The van der Waals surface area contributed by atoms with Gasteiger partial charge >= 0.3 is 0 Å². The Morgan fingerprint density at radius 3 is 1.72 bits per heavy atom. The Labute approximate surface area is 410 Å². The molecule has 6 heteroatoms. The normalized spacial score (nSPS) is 12.9. The number of benzene rings is 6. The van der Waals surface area contributed by atoms with E-state index < -0.39 is 0 Å². The molecule has 3 heterocycles. The highest BCUT2D eigenvalue weighted by Gasteiger charge is 2.27. The molecule has 6 aromatic carbocycles. The fraction of sp³-hybridized carbons (Fsp3) is 0.317. The van der Waals surface area contributed by atoms with Crippen LogP contribution >= 0.6 is 0 Å². The van der Waals surface area contributed by atoms with Crippen molar-refractivity contribution in [1.82, 2.24) is 19.3 Å². The Bertz CT molecular complexity index is 3340. The van der Waals surface area contributed by atoms with Gasteiger partial charge in [0.2, 0.25) is 12.2 Å². The van der Waals surface area contributed by atoms with E-state index in [0.717, 1.165) is 61.9 Å². The average molecular weight is 912 g/mol. The predicted molar refractivity (Wildman–Crippen MR) is 287 cm³/mol. The lowest BCUT2D eigenvalue weighted by atomic mass is 9.80. The summed E-state index contributed by atoms with van der Waals surface area (Å²) in [4.78, 5) is 4.96. The minimum Gasteiger partial charge on any atom is -0.458 e. The molecule has 3 aromatic heterocycles. The number of hydrogen-bond acceptors (Lipinski definition) is 3. The van der Waals surface area contributed by atoms with E-state index in [-0.39, 0.29) is 27.1 Å². The first-order valence-corrected chi connectivity index (χ1v) is 24.5. The molecule has 352 valence electrons. The standard InChI is InChI=1S/C63H69N5O/c1-59(2,3)42-24-27-51(41-20-17-16-18-21-41)54(36-42)58-65-67(40-66(58)48-33-45(62(10,11)12)32-46(34-48)63(13,14)15)47-22-19-23-49(38-47)69-50-26-28-52-53-35-43(60(4,5)6)25-29-55(53)68(56(52)39-50)57-37-44(30-31-64-57)61(7,8)9/h16-39H,1-15H3. The lowest BCUT2D eigenvalue weighted by Crippen LogP contribution is -2.33. The van der Waals surface area contributed by atoms with Crippen molar-refractivity contribution in [2.24, 2.45) is 0 Å². The van der Waals surface area contributed by atoms with Gasteiger partial charge in [0.05, 0.1) is 16.7 Å². The Balaban J connectivity index is 1.20. The fourth-order valence-corrected chi connectivity index (χ4v) is 9.04. The van der Waals surface area contributed by atoms with Crippen molar-refractivity contribution in [2.45, 2.75) is 131 Å². The predicted octanol–water partition coefficient (Wildman–Crippen LogP) is 16.1. The summed E-state index contributed by atoms with van der Waals surface area (Å²) in [6.07, 6.45) is 5.68. The van der Waals surface area contributed by atoms with Crippen LogP contribution in [0.15, 0.2) is 146 Å². The second kappa shape index (κ2) is 17.0. The highest BCUT2D eigenvalue weighted by atomic mass is 16.5. The quantitative estimate of drug-likeness (QED) is 0.118. The molecular formula is C63H69N5O. The molecule has 0 N–H and O–H groups in total. The van der Waals surface area contributed by atoms with Gasteiger partial charge in [-0.25, -0.2) is 4.98 Å². The third-order valence-electron chi connectivity index (χ3n) is 13.5. The van der Waals surface area contributed by atoms with Crippen LogP contribution in [0.25, 0.3) is 61.5 Å². The second-order valence-electron chi connectivity index (χ2n) is 24.1. The largest absolute Gasteiger partial charge is 0.458 e. The average Bonchev–Trinajstić information content (AvgIpc) is 3.87. The summed E-state index contributed by atoms with van der Waals surface area (Å²) < 4.78 is 13.2. The van der Waals surface area contributed by atoms with Crippen LogP contribution in [0.4, 0.5) is 0 Å². The van der Waals surface area contributed by atoms with Gasteiger partial charge in [0.15, 0.2) is 0 Å². The van der Waals surface area contributed by atoms with Gasteiger partial charge in [0, 0.05) is 34.3 Å². The summed E-state index contributed by atoms with van der Waals surface area (Å²) in [6, 6.07) is 50.2. The van der Waals surface area contributed by atoms with Crippen LogP contribution < -0.4 is 9.30 Å². The maximum absolute atomic E-state index is 6.84. The van der Waals surface area contributed by atoms with Gasteiger partial charge in [0.1, 0.15) is 17.3 Å². The molecule has 0 bridgehead atoms. The topological polar surface area (TPSA) is 48.8 Å². The SMILES string of the molecule is CC(C)(C)c1cc(-[n+]2[c-]n(-c3cccc(Oc4ccc5c6cc(C(C)(C)C)ccc6n(-c6cc(C(C)(C)C)ccn6)c5c4)c3)nc2-c2cc(C(C)(C)C)ccc2-c2ccccc2)cc(C(C)(C)C)c1. The van der Waals surface area contributed by atoms with Crippen molar-refractivity contribution < 1.29 is 9.30 Å². The molecule has 0 aliphatic rings. The summed E-state index contributed by atoms with van der Waals surface area (Å²) in [5.41, 5.74) is 13.3. The minimum absolute atomic E-state index is 0.000398. The first kappa shape index (κ1) is 47.3. The summed E-state index contributed by atoms with van der Waals surface area (Å²) in [5.74, 6) is 3.11. The summed E-state index contributed by atoms with van der Waals surface area (Å²) in [5, 5.41) is 7.83. The monoisotopic (exact) mass is 912 g/mol. The molecule has 69 heavy (non-hydrogen) atoms. The van der Waals surface area contributed by atoms with Crippen LogP contribution in [0.1, 0.15) is 132 Å². The van der Waals surface area contributed by atoms with Crippen LogP contribution in [-0.2, 0) is 27.1 Å².